The third kappa shape index (κ3) is 4.33. The van der Waals surface area contributed by atoms with Crippen LogP contribution in [0.5, 0.6) is 0 Å². The molecule has 6 rings (SSSR count). The van der Waals surface area contributed by atoms with E-state index >= 15 is 0 Å². The van der Waals surface area contributed by atoms with Crippen molar-refractivity contribution in [3.05, 3.63) is 126 Å². The molecule has 0 N–H and O–H groups in total. The molecule has 0 amide bonds. The number of nitriles is 1. The second kappa shape index (κ2) is 9.66. The van der Waals surface area contributed by atoms with Gasteiger partial charge in [-0.1, -0.05) is 103 Å². The van der Waals surface area contributed by atoms with Crippen molar-refractivity contribution >= 4 is 22.4 Å². The summed E-state index contributed by atoms with van der Waals surface area (Å²) in [5.41, 5.74) is 5.22. The summed E-state index contributed by atoms with van der Waals surface area (Å²) in [5, 5.41) is 12.1. The Labute approximate surface area is 219 Å². The van der Waals surface area contributed by atoms with E-state index in [-0.39, 0.29) is 0 Å². The number of hydrogen-bond acceptors (Lipinski definition) is 4. The molecule has 0 unspecified atom stereocenters. The summed E-state index contributed by atoms with van der Waals surface area (Å²) >= 11 is 6.52. The van der Waals surface area contributed by atoms with Crippen LogP contribution in [0.4, 0.5) is 0 Å². The molecule has 5 aromatic carbocycles. The van der Waals surface area contributed by atoms with E-state index in [1.54, 1.807) is 0 Å². The molecule has 0 atom stereocenters. The van der Waals surface area contributed by atoms with Crippen LogP contribution in [0, 0.1) is 11.3 Å². The van der Waals surface area contributed by atoms with Gasteiger partial charge in [0.15, 0.2) is 17.5 Å². The summed E-state index contributed by atoms with van der Waals surface area (Å²) < 4.78 is 0. The molecule has 0 aliphatic carbocycles. The molecule has 37 heavy (non-hydrogen) atoms. The molecule has 1 heterocycles. The zero-order chi connectivity index (χ0) is 25.2. The van der Waals surface area contributed by atoms with E-state index in [1.807, 2.05) is 103 Å². The average molecular weight is 495 g/mol. The highest BCUT2D eigenvalue weighted by molar-refractivity contribution is 6.33. The third-order valence-corrected chi connectivity index (χ3v) is 6.59. The van der Waals surface area contributed by atoms with Crippen molar-refractivity contribution in [2.45, 2.75) is 0 Å². The third-order valence-electron chi connectivity index (χ3n) is 6.26. The largest absolute Gasteiger partial charge is 0.208 e. The molecule has 174 valence electrons. The Balaban J connectivity index is 1.54. The van der Waals surface area contributed by atoms with Gasteiger partial charge in [0.1, 0.15) is 0 Å². The highest BCUT2D eigenvalue weighted by Crippen LogP contribution is 2.34. The fraction of sp³-hybridized carbons (Fsp3) is 0. The highest BCUT2D eigenvalue weighted by atomic mass is 35.5. The van der Waals surface area contributed by atoms with Gasteiger partial charge in [-0.2, -0.15) is 5.26 Å². The maximum Gasteiger partial charge on any atom is 0.165 e. The van der Waals surface area contributed by atoms with Gasteiger partial charge in [0.25, 0.3) is 0 Å². The molecule has 5 heteroatoms. The molecule has 0 aliphatic rings. The van der Waals surface area contributed by atoms with Crippen LogP contribution in [0.1, 0.15) is 5.56 Å². The lowest BCUT2D eigenvalue weighted by Crippen LogP contribution is -2.00. The summed E-state index contributed by atoms with van der Waals surface area (Å²) in [6, 6.07) is 39.7. The van der Waals surface area contributed by atoms with Crippen molar-refractivity contribution < 1.29 is 0 Å². The first-order valence-corrected chi connectivity index (χ1v) is 12.2. The Morgan fingerprint density at radius 3 is 1.92 bits per heavy atom. The molecular formula is C32H19ClN4. The van der Waals surface area contributed by atoms with Crippen molar-refractivity contribution in [1.82, 2.24) is 15.0 Å². The lowest BCUT2D eigenvalue weighted by atomic mass is 9.94. The molecule has 6 aromatic rings. The van der Waals surface area contributed by atoms with Gasteiger partial charge in [0.2, 0.25) is 0 Å². The second-order valence-corrected chi connectivity index (χ2v) is 8.96. The van der Waals surface area contributed by atoms with Gasteiger partial charge < -0.3 is 0 Å². The van der Waals surface area contributed by atoms with E-state index in [4.69, 9.17) is 26.6 Å². The SMILES string of the molecule is N#Cc1ccc(-c2cccc(-c3nc(-c4ccccc4)nc(-c4ccccc4Cl)n3)c2)c2ccccc12. The van der Waals surface area contributed by atoms with Gasteiger partial charge in [0, 0.05) is 22.1 Å². The number of nitrogens with zero attached hydrogens (tertiary/aromatic N) is 4. The fourth-order valence-electron chi connectivity index (χ4n) is 4.46. The summed E-state index contributed by atoms with van der Waals surface area (Å²) in [5.74, 6) is 1.65. The smallest absolute Gasteiger partial charge is 0.165 e. The Hall–Kier alpha value is -4.85. The van der Waals surface area contributed by atoms with Crippen LogP contribution in [-0.2, 0) is 0 Å². The normalized spacial score (nSPS) is 10.8. The first-order valence-electron chi connectivity index (χ1n) is 11.8. The van der Waals surface area contributed by atoms with Crippen LogP contribution < -0.4 is 0 Å². The van der Waals surface area contributed by atoms with E-state index in [0.717, 1.165) is 38.6 Å². The monoisotopic (exact) mass is 494 g/mol. The Morgan fingerprint density at radius 2 is 1.14 bits per heavy atom. The lowest BCUT2D eigenvalue weighted by molar-refractivity contribution is 1.07. The van der Waals surface area contributed by atoms with Crippen molar-refractivity contribution in [3.63, 3.8) is 0 Å². The molecule has 0 saturated carbocycles. The first-order chi connectivity index (χ1) is 18.2. The molecule has 0 bridgehead atoms. The summed E-state index contributed by atoms with van der Waals surface area (Å²) in [6.07, 6.45) is 0. The number of hydrogen-bond donors (Lipinski definition) is 0. The molecule has 4 nitrogen and oxygen atoms in total. The van der Waals surface area contributed by atoms with Gasteiger partial charge in [-0.15, -0.1) is 0 Å². The van der Waals surface area contributed by atoms with Crippen LogP contribution in [-0.4, -0.2) is 15.0 Å². The van der Waals surface area contributed by atoms with Crippen LogP contribution in [0.2, 0.25) is 5.02 Å². The minimum absolute atomic E-state index is 0.517. The summed E-state index contributed by atoms with van der Waals surface area (Å²) in [7, 11) is 0. The Morgan fingerprint density at radius 1 is 0.514 bits per heavy atom. The zero-order valence-corrected chi connectivity index (χ0v) is 20.4. The predicted octanol–water partition coefficient (Wildman–Crippen LogP) is 8.22. The van der Waals surface area contributed by atoms with Crippen LogP contribution in [0.25, 0.3) is 56.1 Å². The number of fused-ring (bicyclic) bond motifs is 1. The van der Waals surface area contributed by atoms with Crippen molar-refractivity contribution in [1.29, 1.82) is 5.26 Å². The first kappa shape index (κ1) is 22.6. The van der Waals surface area contributed by atoms with Gasteiger partial charge >= 0.3 is 0 Å². The van der Waals surface area contributed by atoms with E-state index < -0.39 is 0 Å². The average Bonchev–Trinajstić information content (AvgIpc) is 2.97. The van der Waals surface area contributed by atoms with Crippen LogP contribution in [0.3, 0.4) is 0 Å². The number of aromatic nitrogens is 3. The van der Waals surface area contributed by atoms with Crippen LogP contribution in [0.15, 0.2) is 115 Å². The number of rotatable bonds is 4. The molecule has 1 aromatic heterocycles. The second-order valence-electron chi connectivity index (χ2n) is 8.55. The van der Waals surface area contributed by atoms with Gasteiger partial charge in [-0.05, 0) is 40.8 Å². The minimum Gasteiger partial charge on any atom is -0.208 e. The van der Waals surface area contributed by atoms with E-state index in [9.17, 15) is 5.26 Å². The van der Waals surface area contributed by atoms with Gasteiger partial charge in [-0.3, -0.25) is 0 Å². The van der Waals surface area contributed by atoms with Crippen LogP contribution >= 0.6 is 11.6 Å². The Bertz CT molecular complexity index is 1810. The van der Waals surface area contributed by atoms with E-state index in [0.29, 0.717) is 28.1 Å². The summed E-state index contributed by atoms with van der Waals surface area (Å²) in [6.45, 7) is 0. The Kier molecular flexibility index (Phi) is 5.90. The maximum absolute atomic E-state index is 9.57. The molecule has 0 radical (unpaired) electrons. The molecule has 0 spiro atoms. The molecule has 0 fully saturated rings. The van der Waals surface area contributed by atoms with Gasteiger partial charge in [0.05, 0.1) is 16.7 Å². The molecule has 0 saturated heterocycles. The standard InChI is InChI=1S/C32H19ClN4/c33-29-16-7-6-15-28(29)32-36-30(21-9-2-1-3-10-21)35-31(37-32)23-12-8-11-22(19-23)26-18-17-24(20-34)25-13-4-5-14-27(25)26/h1-19H. The van der Waals surface area contributed by atoms with Crippen molar-refractivity contribution in [2.75, 3.05) is 0 Å². The summed E-state index contributed by atoms with van der Waals surface area (Å²) in [4.78, 5) is 14.4. The van der Waals surface area contributed by atoms with Crippen molar-refractivity contribution in [2.24, 2.45) is 0 Å². The quantitative estimate of drug-likeness (QED) is 0.247. The minimum atomic E-state index is 0.517. The maximum atomic E-state index is 9.57. The number of benzene rings is 5. The van der Waals surface area contributed by atoms with Gasteiger partial charge in [-0.25, -0.2) is 15.0 Å². The zero-order valence-electron chi connectivity index (χ0n) is 19.6. The predicted molar refractivity (Wildman–Crippen MR) is 149 cm³/mol. The molecule has 0 aliphatic heterocycles. The molecular weight excluding hydrogens is 476 g/mol. The van der Waals surface area contributed by atoms with E-state index in [2.05, 4.69) is 18.2 Å². The van der Waals surface area contributed by atoms with Crippen molar-refractivity contribution in [3.8, 4) is 51.4 Å². The van der Waals surface area contributed by atoms with E-state index in [1.165, 1.54) is 0 Å². The lowest BCUT2D eigenvalue weighted by Gasteiger charge is -2.11. The highest BCUT2D eigenvalue weighted by Gasteiger charge is 2.15. The number of halogens is 1. The topological polar surface area (TPSA) is 62.5 Å². The fourth-order valence-corrected chi connectivity index (χ4v) is 4.68.